The maximum absolute atomic E-state index is 5.36. The van der Waals surface area contributed by atoms with Gasteiger partial charge in [0.05, 0.1) is 6.04 Å². The lowest BCUT2D eigenvalue weighted by Crippen LogP contribution is -2.12. The summed E-state index contributed by atoms with van der Waals surface area (Å²) in [6.07, 6.45) is 6.77. The van der Waals surface area contributed by atoms with Gasteiger partial charge in [-0.25, -0.2) is 0 Å². The van der Waals surface area contributed by atoms with Gasteiger partial charge in [0.1, 0.15) is 0 Å². The molecule has 18 heavy (non-hydrogen) atoms. The monoisotopic (exact) mass is 244 g/mol. The molecule has 0 amide bonds. The van der Waals surface area contributed by atoms with Gasteiger partial charge in [-0.3, -0.25) is 4.98 Å². The average Bonchev–Trinajstić information content (AvgIpc) is 3.09. The third-order valence-electron chi connectivity index (χ3n) is 3.33. The molecule has 2 aromatic heterocycles. The summed E-state index contributed by atoms with van der Waals surface area (Å²) in [7, 11) is 0. The third-order valence-corrected chi connectivity index (χ3v) is 3.33. The van der Waals surface area contributed by atoms with Gasteiger partial charge in [-0.05, 0) is 37.4 Å². The molecule has 0 spiro atoms. The Kier molecular flexibility index (Phi) is 3.06. The van der Waals surface area contributed by atoms with Gasteiger partial charge < -0.3 is 9.84 Å². The summed E-state index contributed by atoms with van der Waals surface area (Å²) < 4.78 is 5.36. The van der Waals surface area contributed by atoms with Crippen molar-refractivity contribution in [3.63, 3.8) is 0 Å². The number of nitrogens with one attached hydrogen (secondary N) is 1. The van der Waals surface area contributed by atoms with Crippen molar-refractivity contribution in [3.05, 3.63) is 29.9 Å². The summed E-state index contributed by atoms with van der Waals surface area (Å²) in [5, 5.41) is 7.44. The lowest BCUT2D eigenvalue weighted by molar-refractivity contribution is 0.345. The van der Waals surface area contributed by atoms with Crippen molar-refractivity contribution in [2.45, 2.75) is 32.2 Å². The van der Waals surface area contributed by atoms with E-state index in [1.807, 2.05) is 12.3 Å². The minimum absolute atomic E-state index is 0.221. The molecule has 0 radical (unpaired) electrons. The van der Waals surface area contributed by atoms with Crippen molar-refractivity contribution in [1.29, 1.82) is 0 Å². The third kappa shape index (κ3) is 2.01. The first-order chi connectivity index (χ1) is 8.88. The molecule has 5 heteroatoms. The summed E-state index contributed by atoms with van der Waals surface area (Å²) in [5.41, 5.74) is 2.16. The molecule has 1 aliphatic heterocycles. The highest BCUT2D eigenvalue weighted by molar-refractivity contribution is 5.58. The molecule has 1 N–H and O–H groups in total. The molecule has 1 aliphatic rings. The molecule has 1 fully saturated rings. The molecule has 3 rings (SSSR count). The van der Waals surface area contributed by atoms with Crippen molar-refractivity contribution in [2.24, 2.45) is 0 Å². The van der Waals surface area contributed by atoms with Crippen LogP contribution in [0.1, 0.15) is 37.3 Å². The van der Waals surface area contributed by atoms with Crippen molar-refractivity contribution < 1.29 is 4.52 Å². The van der Waals surface area contributed by atoms with E-state index in [9.17, 15) is 0 Å². The molecule has 0 saturated carbocycles. The highest BCUT2D eigenvalue weighted by atomic mass is 16.5. The Labute approximate surface area is 106 Å². The van der Waals surface area contributed by atoms with Gasteiger partial charge in [0.2, 0.25) is 11.7 Å². The van der Waals surface area contributed by atoms with Crippen LogP contribution < -0.4 is 5.32 Å². The summed E-state index contributed by atoms with van der Waals surface area (Å²) in [5.74, 6) is 1.36. The summed E-state index contributed by atoms with van der Waals surface area (Å²) in [4.78, 5) is 8.63. The molecule has 3 heterocycles. The van der Waals surface area contributed by atoms with Gasteiger partial charge in [0, 0.05) is 18.0 Å². The zero-order valence-electron chi connectivity index (χ0n) is 10.4. The molecule has 94 valence electrons. The van der Waals surface area contributed by atoms with E-state index in [2.05, 4.69) is 27.4 Å². The summed E-state index contributed by atoms with van der Waals surface area (Å²) >= 11 is 0. The Morgan fingerprint density at radius 3 is 3.22 bits per heavy atom. The lowest BCUT2D eigenvalue weighted by atomic mass is 10.1. The van der Waals surface area contributed by atoms with Crippen LogP contribution in [0, 0.1) is 0 Å². The number of pyridine rings is 1. The first kappa shape index (κ1) is 11.3. The van der Waals surface area contributed by atoms with Gasteiger partial charge in [-0.1, -0.05) is 12.1 Å². The van der Waals surface area contributed by atoms with Gasteiger partial charge in [0.15, 0.2) is 0 Å². The highest BCUT2D eigenvalue weighted by Gasteiger charge is 2.23. The molecule has 5 nitrogen and oxygen atoms in total. The second kappa shape index (κ2) is 4.86. The Balaban J connectivity index is 1.92. The Hall–Kier alpha value is -1.75. The maximum Gasteiger partial charge on any atom is 0.244 e. The van der Waals surface area contributed by atoms with Crippen molar-refractivity contribution >= 4 is 0 Å². The fourth-order valence-corrected chi connectivity index (χ4v) is 2.31. The topological polar surface area (TPSA) is 63.8 Å². The van der Waals surface area contributed by atoms with Crippen LogP contribution in [0.5, 0.6) is 0 Å². The van der Waals surface area contributed by atoms with Crippen molar-refractivity contribution in [2.75, 3.05) is 6.54 Å². The van der Waals surface area contributed by atoms with Gasteiger partial charge in [-0.2, -0.15) is 4.98 Å². The zero-order valence-corrected chi connectivity index (χ0v) is 10.4. The molecule has 0 aliphatic carbocycles. The van der Waals surface area contributed by atoms with Gasteiger partial charge >= 0.3 is 0 Å². The van der Waals surface area contributed by atoms with Gasteiger partial charge in [-0.15, -0.1) is 0 Å². The first-order valence-electron chi connectivity index (χ1n) is 6.38. The second-order valence-corrected chi connectivity index (χ2v) is 4.49. The van der Waals surface area contributed by atoms with E-state index in [0.717, 1.165) is 36.9 Å². The number of hydrogen-bond acceptors (Lipinski definition) is 5. The highest BCUT2D eigenvalue weighted by Crippen LogP contribution is 2.25. The second-order valence-electron chi connectivity index (χ2n) is 4.49. The molecule has 0 unspecified atom stereocenters. The largest absolute Gasteiger partial charge is 0.337 e. The maximum atomic E-state index is 5.36. The summed E-state index contributed by atoms with van der Waals surface area (Å²) in [6, 6.07) is 2.16. The fourth-order valence-electron chi connectivity index (χ4n) is 2.31. The predicted molar refractivity (Wildman–Crippen MR) is 66.9 cm³/mol. The Bertz CT molecular complexity index is 531. The van der Waals surface area contributed by atoms with E-state index < -0.39 is 0 Å². The van der Waals surface area contributed by atoms with Gasteiger partial charge in [0.25, 0.3) is 0 Å². The molecular formula is C13H16N4O. The minimum atomic E-state index is 0.221. The lowest BCUT2D eigenvalue weighted by Gasteiger charge is -2.02. The zero-order chi connectivity index (χ0) is 12.4. The van der Waals surface area contributed by atoms with Crippen LogP contribution in [0.3, 0.4) is 0 Å². The molecular weight excluding hydrogens is 228 g/mol. The van der Waals surface area contributed by atoms with Crippen LogP contribution in [-0.4, -0.2) is 21.7 Å². The van der Waals surface area contributed by atoms with Crippen LogP contribution in [0.4, 0.5) is 0 Å². The molecule has 2 aromatic rings. The average molecular weight is 244 g/mol. The number of aromatic nitrogens is 3. The Morgan fingerprint density at radius 2 is 2.44 bits per heavy atom. The number of nitrogens with zero attached hydrogens (tertiary/aromatic N) is 3. The van der Waals surface area contributed by atoms with E-state index in [1.165, 1.54) is 0 Å². The molecule has 0 aromatic carbocycles. The first-order valence-corrected chi connectivity index (χ1v) is 6.38. The predicted octanol–water partition coefficient (Wildman–Crippen LogP) is 2.12. The van der Waals surface area contributed by atoms with E-state index in [4.69, 9.17) is 4.52 Å². The molecule has 0 bridgehead atoms. The number of hydrogen-bond donors (Lipinski definition) is 1. The fraction of sp³-hybridized carbons (Fsp3) is 0.462. The smallest absolute Gasteiger partial charge is 0.244 e. The van der Waals surface area contributed by atoms with Crippen LogP contribution in [0.15, 0.2) is 23.0 Å². The van der Waals surface area contributed by atoms with E-state index in [0.29, 0.717) is 11.7 Å². The van der Waals surface area contributed by atoms with Crippen molar-refractivity contribution in [3.8, 4) is 11.4 Å². The number of rotatable bonds is 3. The van der Waals surface area contributed by atoms with E-state index in [1.54, 1.807) is 6.20 Å². The normalized spacial score (nSPS) is 19.3. The number of aryl methyl sites for hydroxylation is 1. The van der Waals surface area contributed by atoms with Crippen LogP contribution in [0.25, 0.3) is 11.4 Å². The quantitative estimate of drug-likeness (QED) is 0.896. The minimum Gasteiger partial charge on any atom is -0.337 e. The SMILES string of the molecule is CCc1cnccc1-c1noc([C@H]2CCCN2)n1. The molecule has 1 atom stereocenters. The Morgan fingerprint density at radius 1 is 1.50 bits per heavy atom. The van der Waals surface area contributed by atoms with E-state index in [-0.39, 0.29) is 6.04 Å². The van der Waals surface area contributed by atoms with Crippen molar-refractivity contribution in [1.82, 2.24) is 20.4 Å². The van der Waals surface area contributed by atoms with Crippen LogP contribution in [-0.2, 0) is 6.42 Å². The summed E-state index contributed by atoms with van der Waals surface area (Å²) in [6.45, 7) is 3.12. The molecule has 1 saturated heterocycles. The standard InChI is InChI=1S/C13H16N4O/c1-2-9-8-14-7-5-10(9)12-16-13(18-17-12)11-4-3-6-15-11/h5,7-8,11,15H,2-4,6H2,1H3/t11-/m1/s1. The van der Waals surface area contributed by atoms with E-state index >= 15 is 0 Å². The van der Waals surface area contributed by atoms with Crippen LogP contribution in [0.2, 0.25) is 0 Å². The van der Waals surface area contributed by atoms with Crippen LogP contribution >= 0.6 is 0 Å².